The van der Waals surface area contributed by atoms with Crippen LogP contribution in [0.1, 0.15) is 23.8 Å². The number of alkyl halides is 3. The van der Waals surface area contributed by atoms with Crippen molar-refractivity contribution in [3.63, 3.8) is 0 Å². The van der Waals surface area contributed by atoms with Gasteiger partial charge in [0.15, 0.2) is 0 Å². The molecule has 0 aliphatic rings. The number of benzene rings is 1. The minimum absolute atomic E-state index is 0.0229. The summed E-state index contributed by atoms with van der Waals surface area (Å²) in [6.07, 6.45) is -3.16. The molecule has 4 nitrogen and oxygen atoms in total. The van der Waals surface area contributed by atoms with Gasteiger partial charge in [-0.05, 0) is 36.8 Å². The summed E-state index contributed by atoms with van der Waals surface area (Å²) < 4.78 is 43.2. The van der Waals surface area contributed by atoms with Crippen molar-refractivity contribution in [2.24, 2.45) is 0 Å². The second kappa shape index (κ2) is 5.40. The number of carbonyl (C=O) groups is 1. The van der Waals surface area contributed by atoms with Gasteiger partial charge in [0.05, 0.1) is 17.2 Å². The van der Waals surface area contributed by atoms with Crippen LogP contribution in [0.2, 0.25) is 0 Å². The topological polar surface area (TPSA) is 76.5 Å². The fraction of sp³-hybridized carbons (Fsp3) is 0.267. The number of halogens is 3. The van der Waals surface area contributed by atoms with Gasteiger partial charge in [0, 0.05) is 12.1 Å². The third kappa shape index (κ3) is 2.93. The van der Waals surface area contributed by atoms with E-state index in [1.807, 2.05) is 0 Å². The van der Waals surface area contributed by atoms with Crippen molar-refractivity contribution < 1.29 is 27.5 Å². The number of anilines is 1. The Balaban J connectivity index is 2.47. The Morgan fingerprint density at radius 2 is 2.00 bits per heavy atom. The van der Waals surface area contributed by atoms with E-state index in [-0.39, 0.29) is 17.7 Å². The zero-order valence-electron chi connectivity index (χ0n) is 11.6. The molecule has 0 spiro atoms. The van der Waals surface area contributed by atoms with Gasteiger partial charge in [-0.1, -0.05) is 6.07 Å². The molecule has 0 saturated carbocycles. The molecular formula is C15H14F3NO3. The van der Waals surface area contributed by atoms with E-state index in [9.17, 15) is 23.1 Å². The lowest BCUT2D eigenvalue weighted by molar-refractivity contribution is -0.143. The maximum absolute atomic E-state index is 12.7. The highest BCUT2D eigenvalue weighted by atomic mass is 19.4. The monoisotopic (exact) mass is 313 g/mol. The Morgan fingerprint density at radius 3 is 2.45 bits per heavy atom. The highest BCUT2D eigenvalue weighted by Crippen LogP contribution is 2.37. The van der Waals surface area contributed by atoms with Gasteiger partial charge in [0.25, 0.3) is 0 Å². The number of hydrogen-bond acceptors (Lipinski definition) is 3. The lowest BCUT2D eigenvalue weighted by atomic mass is 9.77. The first-order valence-corrected chi connectivity index (χ1v) is 6.37. The van der Waals surface area contributed by atoms with Crippen LogP contribution >= 0.6 is 0 Å². The lowest BCUT2D eigenvalue weighted by Gasteiger charge is -2.26. The number of furan rings is 1. The zero-order chi connectivity index (χ0) is 16.5. The SMILES string of the molecule is CC(Cc1ccco1)(C(=O)O)c1ccc(C(F)(F)F)cc1N. The van der Waals surface area contributed by atoms with Gasteiger partial charge in [-0.3, -0.25) is 4.79 Å². The number of carboxylic acid groups (broad SMARTS) is 1. The summed E-state index contributed by atoms with van der Waals surface area (Å²) in [5.41, 5.74) is 3.16. The molecule has 118 valence electrons. The van der Waals surface area contributed by atoms with Gasteiger partial charge in [-0.2, -0.15) is 13.2 Å². The van der Waals surface area contributed by atoms with Crippen molar-refractivity contribution in [1.82, 2.24) is 0 Å². The molecule has 0 radical (unpaired) electrons. The van der Waals surface area contributed by atoms with Crippen LogP contribution in [-0.4, -0.2) is 11.1 Å². The maximum Gasteiger partial charge on any atom is 0.416 e. The predicted molar refractivity (Wildman–Crippen MR) is 73.3 cm³/mol. The van der Waals surface area contributed by atoms with Crippen LogP contribution in [0.4, 0.5) is 18.9 Å². The van der Waals surface area contributed by atoms with E-state index in [1.54, 1.807) is 12.1 Å². The molecule has 0 amide bonds. The lowest BCUT2D eigenvalue weighted by Crippen LogP contribution is -2.35. The van der Waals surface area contributed by atoms with Crippen molar-refractivity contribution in [2.75, 3.05) is 5.73 Å². The van der Waals surface area contributed by atoms with Crippen LogP contribution in [0, 0.1) is 0 Å². The summed E-state index contributed by atoms with van der Waals surface area (Å²) in [7, 11) is 0. The molecule has 0 fully saturated rings. The smallest absolute Gasteiger partial charge is 0.416 e. The van der Waals surface area contributed by atoms with Gasteiger partial charge in [0.2, 0.25) is 0 Å². The highest BCUT2D eigenvalue weighted by molar-refractivity contribution is 5.83. The highest BCUT2D eigenvalue weighted by Gasteiger charge is 2.39. The van der Waals surface area contributed by atoms with E-state index in [2.05, 4.69) is 0 Å². The molecule has 1 atom stereocenters. The molecule has 22 heavy (non-hydrogen) atoms. The average molecular weight is 313 g/mol. The van der Waals surface area contributed by atoms with Crippen molar-refractivity contribution in [3.8, 4) is 0 Å². The molecule has 2 aromatic rings. The first-order valence-electron chi connectivity index (χ1n) is 6.37. The summed E-state index contributed by atoms with van der Waals surface area (Å²) in [4.78, 5) is 11.7. The standard InChI is InChI=1S/C15H14F3NO3/c1-14(13(20)21,8-10-3-2-6-22-10)11-5-4-9(7-12(11)19)15(16,17)18/h2-7H,8,19H2,1H3,(H,20,21). The molecule has 7 heteroatoms. The molecule has 0 bridgehead atoms. The van der Waals surface area contributed by atoms with Crippen LogP contribution in [-0.2, 0) is 22.8 Å². The molecule has 1 aromatic carbocycles. The number of nitrogens with two attached hydrogens (primary N) is 1. The largest absolute Gasteiger partial charge is 0.481 e. The number of rotatable bonds is 4. The Bertz CT molecular complexity index is 680. The summed E-state index contributed by atoms with van der Waals surface area (Å²) >= 11 is 0. The van der Waals surface area contributed by atoms with Gasteiger partial charge in [0.1, 0.15) is 5.76 Å². The minimum atomic E-state index is -4.53. The second-order valence-electron chi connectivity index (χ2n) is 5.19. The van der Waals surface area contributed by atoms with Gasteiger partial charge in [-0.15, -0.1) is 0 Å². The number of hydrogen-bond donors (Lipinski definition) is 2. The molecule has 2 rings (SSSR count). The predicted octanol–water partition coefficient (Wildman–Crippen LogP) is 3.47. The number of aliphatic carboxylic acids is 1. The average Bonchev–Trinajstić information content (AvgIpc) is 2.89. The first kappa shape index (κ1) is 15.9. The van der Waals surface area contributed by atoms with Gasteiger partial charge in [-0.25, -0.2) is 0 Å². The van der Waals surface area contributed by atoms with E-state index < -0.39 is 23.1 Å². The van der Waals surface area contributed by atoms with Crippen LogP contribution in [0.15, 0.2) is 41.0 Å². The summed E-state index contributed by atoms with van der Waals surface area (Å²) in [6, 6.07) is 5.89. The van der Waals surface area contributed by atoms with E-state index in [1.165, 1.54) is 13.2 Å². The van der Waals surface area contributed by atoms with E-state index in [4.69, 9.17) is 10.2 Å². The summed E-state index contributed by atoms with van der Waals surface area (Å²) in [5, 5.41) is 9.52. The normalized spacial score (nSPS) is 14.5. The summed E-state index contributed by atoms with van der Waals surface area (Å²) in [6.45, 7) is 1.40. The van der Waals surface area contributed by atoms with Gasteiger partial charge >= 0.3 is 12.1 Å². The number of carboxylic acids is 1. The molecule has 3 N–H and O–H groups in total. The van der Waals surface area contributed by atoms with Gasteiger partial charge < -0.3 is 15.3 Å². The molecule has 1 heterocycles. The minimum Gasteiger partial charge on any atom is -0.481 e. The van der Waals surface area contributed by atoms with Crippen LogP contribution in [0.3, 0.4) is 0 Å². The third-order valence-corrected chi connectivity index (χ3v) is 3.55. The van der Waals surface area contributed by atoms with Crippen LogP contribution < -0.4 is 5.73 Å². The Kier molecular flexibility index (Phi) is 3.91. The molecule has 0 aliphatic heterocycles. The Hall–Kier alpha value is -2.44. The first-order chi connectivity index (χ1) is 10.1. The Labute approximate surface area is 124 Å². The summed E-state index contributed by atoms with van der Waals surface area (Å²) in [5.74, 6) is -0.792. The van der Waals surface area contributed by atoms with Crippen molar-refractivity contribution in [2.45, 2.75) is 24.9 Å². The second-order valence-corrected chi connectivity index (χ2v) is 5.19. The van der Waals surface area contributed by atoms with Crippen molar-refractivity contribution in [3.05, 3.63) is 53.5 Å². The third-order valence-electron chi connectivity index (χ3n) is 3.55. The molecule has 1 unspecified atom stereocenters. The maximum atomic E-state index is 12.7. The van der Waals surface area contributed by atoms with Crippen molar-refractivity contribution >= 4 is 11.7 Å². The number of nitrogen functional groups attached to an aromatic ring is 1. The quantitative estimate of drug-likeness (QED) is 0.847. The van der Waals surface area contributed by atoms with E-state index in [0.29, 0.717) is 5.76 Å². The molecule has 0 aliphatic carbocycles. The zero-order valence-corrected chi connectivity index (χ0v) is 11.6. The van der Waals surface area contributed by atoms with E-state index in [0.717, 1.165) is 18.2 Å². The van der Waals surface area contributed by atoms with Crippen LogP contribution in [0.25, 0.3) is 0 Å². The Morgan fingerprint density at radius 1 is 1.32 bits per heavy atom. The fourth-order valence-electron chi connectivity index (χ4n) is 2.29. The fourth-order valence-corrected chi connectivity index (χ4v) is 2.29. The van der Waals surface area contributed by atoms with E-state index >= 15 is 0 Å². The molecule has 1 aromatic heterocycles. The molecular weight excluding hydrogens is 299 g/mol. The van der Waals surface area contributed by atoms with Crippen LogP contribution in [0.5, 0.6) is 0 Å². The molecule has 0 saturated heterocycles. The van der Waals surface area contributed by atoms with Crippen molar-refractivity contribution in [1.29, 1.82) is 0 Å².